The van der Waals surface area contributed by atoms with Gasteiger partial charge in [0, 0.05) is 13.1 Å². The van der Waals surface area contributed by atoms with E-state index in [9.17, 15) is 9.59 Å². The highest BCUT2D eigenvalue weighted by molar-refractivity contribution is 6.06. The fourth-order valence-electron chi connectivity index (χ4n) is 3.94. The lowest BCUT2D eigenvalue weighted by Gasteiger charge is -2.44. The minimum absolute atomic E-state index is 0.0261. The number of carbonyl (C=O) groups is 2. The molecule has 2 aliphatic rings. The molecule has 0 radical (unpaired) electrons. The first-order valence-corrected chi connectivity index (χ1v) is 9.16. The average Bonchev–Trinajstić information content (AvgIpc) is 2.69. The number of anilines is 2. The van der Waals surface area contributed by atoms with Crippen molar-refractivity contribution in [1.82, 2.24) is 4.90 Å². The van der Waals surface area contributed by atoms with Crippen molar-refractivity contribution >= 4 is 23.2 Å². The maximum atomic E-state index is 13.1. The number of para-hydroxylation sites is 2. The number of amides is 2. The van der Waals surface area contributed by atoms with E-state index in [1.807, 2.05) is 48.2 Å². The number of hydrogen-bond donors (Lipinski definition) is 2. The summed E-state index contributed by atoms with van der Waals surface area (Å²) in [4.78, 5) is 27.6. The smallest absolute Gasteiger partial charge is 0.257 e. The lowest BCUT2D eigenvalue weighted by Crippen LogP contribution is -2.59. The molecule has 2 N–H and O–H groups in total. The van der Waals surface area contributed by atoms with Gasteiger partial charge in [0.25, 0.3) is 5.91 Å². The highest BCUT2D eigenvalue weighted by Gasteiger charge is 2.45. The van der Waals surface area contributed by atoms with Crippen molar-refractivity contribution in [1.29, 1.82) is 0 Å². The standard InChI is InChI=1S/C21H23N3O3/c1-14-6-5-9-17(27-2)18(14)19(25)24-12-10-21(11-13-24)20(26)22-15-7-3-4-8-16(15)23-21/h3-9,23H,10-13H2,1-2H3,(H,22,26). The highest BCUT2D eigenvalue weighted by atomic mass is 16.5. The van der Waals surface area contributed by atoms with Gasteiger partial charge in [0.2, 0.25) is 5.91 Å². The summed E-state index contributed by atoms with van der Waals surface area (Å²) in [7, 11) is 1.57. The third-order valence-corrected chi connectivity index (χ3v) is 5.56. The number of rotatable bonds is 2. The Kier molecular flexibility index (Phi) is 4.26. The average molecular weight is 365 g/mol. The second kappa shape index (κ2) is 6.61. The Hall–Kier alpha value is -3.02. The maximum absolute atomic E-state index is 13.1. The van der Waals surface area contributed by atoms with Crippen molar-refractivity contribution in [3.8, 4) is 5.75 Å². The summed E-state index contributed by atoms with van der Waals surface area (Å²) in [6.45, 7) is 2.94. The zero-order chi connectivity index (χ0) is 19.0. The minimum atomic E-state index is -0.666. The van der Waals surface area contributed by atoms with Gasteiger partial charge in [-0.15, -0.1) is 0 Å². The summed E-state index contributed by atoms with van der Waals surface area (Å²) >= 11 is 0. The molecule has 6 heteroatoms. The van der Waals surface area contributed by atoms with E-state index >= 15 is 0 Å². The predicted molar refractivity (Wildman–Crippen MR) is 104 cm³/mol. The Morgan fingerprint density at radius 1 is 1.07 bits per heavy atom. The fraction of sp³-hybridized carbons (Fsp3) is 0.333. The molecule has 140 valence electrons. The number of ether oxygens (including phenoxy) is 1. The van der Waals surface area contributed by atoms with Crippen molar-refractivity contribution < 1.29 is 14.3 Å². The molecule has 1 saturated heterocycles. The molecule has 1 fully saturated rings. The third kappa shape index (κ3) is 2.91. The Labute approximate surface area is 158 Å². The van der Waals surface area contributed by atoms with E-state index in [4.69, 9.17) is 4.74 Å². The van der Waals surface area contributed by atoms with Crippen molar-refractivity contribution in [2.45, 2.75) is 25.3 Å². The van der Waals surface area contributed by atoms with Crippen molar-refractivity contribution in [2.24, 2.45) is 0 Å². The van der Waals surface area contributed by atoms with Gasteiger partial charge in [0.15, 0.2) is 0 Å². The molecule has 0 bridgehead atoms. The number of nitrogens with zero attached hydrogens (tertiary/aromatic N) is 1. The van der Waals surface area contributed by atoms with Gasteiger partial charge < -0.3 is 20.3 Å². The second-order valence-electron chi connectivity index (χ2n) is 7.15. The van der Waals surface area contributed by atoms with Gasteiger partial charge in [-0.2, -0.15) is 0 Å². The zero-order valence-corrected chi connectivity index (χ0v) is 15.5. The van der Waals surface area contributed by atoms with Gasteiger partial charge in [-0.05, 0) is 43.5 Å². The number of benzene rings is 2. The minimum Gasteiger partial charge on any atom is -0.496 e. The van der Waals surface area contributed by atoms with Crippen LogP contribution < -0.4 is 15.4 Å². The van der Waals surface area contributed by atoms with Crippen LogP contribution in [0.5, 0.6) is 5.75 Å². The Bertz CT molecular complexity index is 901. The molecule has 0 saturated carbocycles. The molecule has 2 heterocycles. The second-order valence-corrected chi connectivity index (χ2v) is 7.15. The van der Waals surface area contributed by atoms with Crippen LogP contribution in [-0.4, -0.2) is 42.5 Å². The third-order valence-electron chi connectivity index (χ3n) is 5.56. The van der Waals surface area contributed by atoms with Gasteiger partial charge in [0.05, 0.1) is 24.0 Å². The number of methoxy groups -OCH3 is 1. The summed E-state index contributed by atoms with van der Waals surface area (Å²) < 4.78 is 5.38. The summed E-state index contributed by atoms with van der Waals surface area (Å²) in [6.07, 6.45) is 1.13. The Morgan fingerprint density at radius 3 is 2.48 bits per heavy atom. The van der Waals surface area contributed by atoms with Crippen LogP contribution in [0.3, 0.4) is 0 Å². The molecule has 0 aromatic heterocycles. The van der Waals surface area contributed by atoms with Crippen LogP contribution in [0.4, 0.5) is 11.4 Å². The topological polar surface area (TPSA) is 70.7 Å². The molecule has 2 amide bonds. The summed E-state index contributed by atoms with van der Waals surface area (Å²) in [5, 5.41) is 6.42. The SMILES string of the molecule is COc1cccc(C)c1C(=O)N1CCC2(CC1)Nc1ccccc1NC2=O. The molecular weight excluding hydrogens is 342 g/mol. The van der Waals surface area contributed by atoms with E-state index in [1.54, 1.807) is 13.2 Å². The van der Waals surface area contributed by atoms with Gasteiger partial charge in [-0.25, -0.2) is 0 Å². The lowest BCUT2D eigenvalue weighted by molar-refractivity contribution is -0.122. The lowest BCUT2D eigenvalue weighted by atomic mass is 9.84. The monoisotopic (exact) mass is 365 g/mol. The normalized spacial score (nSPS) is 17.7. The maximum Gasteiger partial charge on any atom is 0.257 e. The van der Waals surface area contributed by atoms with Crippen LogP contribution in [0.25, 0.3) is 0 Å². The van der Waals surface area contributed by atoms with Crippen molar-refractivity contribution in [3.05, 3.63) is 53.6 Å². The molecule has 2 aromatic carbocycles. The fourth-order valence-corrected chi connectivity index (χ4v) is 3.94. The number of likely N-dealkylation sites (tertiary alicyclic amines) is 1. The van der Waals surface area contributed by atoms with Crippen molar-refractivity contribution in [3.63, 3.8) is 0 Å². The van der Waals surface area contributed by atoms with Crippen LogP contribution in [0.1, 0.15) is 28.8 Å². The molecule has 2 aromatic rings. The zero-order valence-electron chi connectivity index (χ0n) is 15.5. The first-order valence-electron chi connectivity index (χ1n) is 9.16. The molecule has 27 heavy (non-hydrogen) atoms. The molecule has 2 aliphatic heterocycles. The van der Waals surface area contributed by atoms with Crippen LogP contribution in [0, 0.1) is 6.92 Å². The van der Waals surface area contributed by atoms with E-state index < -0.39 is 5.54 Å². The number of fused-ring (bicyclic) bond motifs is 1. The van der Waals surface area contributed by atoms with Crippen LogP contribution in [0.2, 0.25) is 0 Å². The number of carbonyl (C=O) groups excluding carboxylic acids is 2. The van der Waals surface area contributed by atoms with E-state index in [0.29, 0.717) is 37.2 Å². The van der Waals surface area contributed by atoms with E-state index in [-0.39, 0.29) is 11.8 Å². The van der Waals surface area contributed by atoms with E-state index in [1.165, 1.54) is 0 Å². The highest BCUT2D eigenvalue weighted by Crippen LogP contribution is 2.37. The van der Waals surface area contributed by atoms with Crippen molar-refractivity contribution in [2.75, 3.05) is 30.8 Å². The van der Waals surface area contributed by atoms with Gasteiger partial charge in [-0.1, -0.05) is 24.3 Å². The van der Waals surface area contributed by atoms with Gasteiger partial charge in [0.1, 0.15) is 11.3 Å². The largest absolute Gasteiger partial charge is 0.496 e. The molecule has 0 atom stereocenters. The molecule has 4 rings (SSSR count). The molecule has 6 nitrogen and oxygen atoms in total. The quantitative estimate of drug-likeness (QED) is 0.858. The van der Waals surface area contributed by atoms with Gasteiger partial charge in [-0.3, -0.25) is 9.59 Å². The van der Waals surface area contributed by atoms with Gasteiger partial charge >= 0.3 is 0 Å². The first-order chi connectivity index (χ1) is 13.0. The molecular formula is C21H23N3O3. The summed E-state index contributed by atoms with van der Waals surface area (Å²) in [5.41, 5.74) is 2.55. The van der Waals surface area contributed by atoms with E-state index in [0.717, 1.165) is 16.9 Å². The summed E-state index contributed by atoms with van der Waals surface area (Å²) in [5.74, 6) is 0.515. The number of piperidine rings is 1. The summed E-state index contributed by atoms with van der Waals surface area (Å²) in [6, 6.07) is 13.3. The Morgan fingerprint density at radius 2 is 1.78 bits per heavy atom. The van der Waals surface area contributed by atoms with Crippen LogP contribution in [-0.2, 0) is 4.79 Å². The van der Waals surface area contributed by atoms with Crippen LogP contribution in [0.15, 0.2) is 42.5 Å². The number of nitrogens with one attached hydrogen (secondary N) is 2. The first kappa shape index (κ1) is 17.4. The number of hydrogen-bond acceptors (Lipinski definition) is 4. The molecule has 1 spiro atoms. The number of aryl methyl sites for hydroxylation is 1. The Balaban J connectivity index is 1.53. The van der Waals surface area contributed by atoms with Crippen LogP contribution >= 0.6 is 0 Å². The molecule has 0 unspecified atom stereocenters. The predicted octanol–water partition coefficient (Wildman–Crippen LogP) is 3.04. The van der Waals surface area contributed by atoms with E-state index in [2.05, 4.69) is 10.6 Å². The molecule has 0 aliphatic carbocycles.